The second-order valence-corrected chi connectivity index (χ2v) is 3.30. The maximum absolute atomic E-state index is 10.3. The third kappa shape index (κ3) is 2.74. The van der Waals surface area contributed by atoms with Crippen molar-refractivity contribution in [2.75, 3.05) is 0 Å². The molecule has 0 bridgehead atoms. The molecule has 1 aliphatic rings. The van der Waals surface area contributed by atoms with E-state index in [2.05, 4.69) is 13.0 Å². The van der Waals surface area contributed by atoms with Gasteiger partial charge in [0.05, 0.1) is 6.42 Å². The van der Waals surface area contributed by atoms with Crippen LogP contribution >= 0.6 is 0 Å². The van der Waals surface area contributed by atoms with Gasteiger partial charge in [-0.3, -0.25) is 4.79 Å². The molecule has 1 rings (SSSR count). The molecule has 1 aliphatic carbocycles. The van der Waals surface area contributed by atoms with Crippen molar-refractivity contribution < 1.29 is 9.90 Å². The normalized spacial score (nSPS) is 30.3. The molecule has 0 fully saturated rings. The van der Waals surface area contributed by atoms with Gasteiger partial charge in [0.2, 0.25) is 0 Å². The zero-order valence-corrected chi connectivity index (χ0v) is 6.79. The van der Waals surface area contributed by atoms with Crippen molar-refractivity contribution in [3.05, 3.63) is 12.2 Å². The molecule has 0 aromatic carbocycles. The lowest BCUT2D eigenvalue weighted by atomic mass is 9.88. The van der Waals surface area contributed by atoms with E-state index in [0.717, 1.165) is 12.8 Å². The van der Waals surface area contributed by atoms with Crippen LogP contribution in [0.5, 0.6) is 0 Å². The molecule has 2 atom stereocenters. The van der Waals surface area contributed by atoms with E-state index in [4.69, 9.17) is 5.11 Å². The molecule has 2 nitrogen and oxygen atoms in total. The molecule has 0 radical (unpaired) electrons. The van der Waals surface area contributed by atoms with Crippen LogP contribution in [0.1, 0.15) is 26.2 Å². The second kappa shape index (κ2) is 3.56. The average molecular weight is 154 g/mol. The Morgan fingerprint density at radius 2 is 2.27 bits per heavy atom. The van der Waals surface area contributed by atoms with E-state index in [0.29, 0.717) is 12.3 Å². The molecule has 0 saturated heterocycles. The molecular formula is C9H14O2. The Labute approximate surface area is 66.9 Å². The van der Waals surface area contributed by atoms with Gasteiger partial charge < -0.3 is 5.11 Å². The predicted molar refractivity (Wildman–Crippen MR) is 43.3 cm³/mol. The number of carboxylic acids is 1. The maximum Gasteiger partial charge on any atom is 0.303 e. The minimum absolute atomic E-state index is 0.281. The van der Waals surface area contributed by atoms with Crippen molar-refractivity contribution in [1.29, 1.82) is 0 Å². The van der Waals surface area contributed by atoms with Gasteiger partial charge in [-0.05, 0) is 24.7 Å². The topological polar surface area (TPSA) is 37.3 Å². The van der Waals surface area contributed by atoms with Crippen LogP contribution in [0.3, 0.4) is 0 Å². The molecular weight excluding hydrogens is 140 g/mol. The van der Waals surface area contributed by atoms with Crippen molar-refractivity contribution in [2.24, 2.45) is 11.8 Å². The van der Waals surface area contributed by atoms with Crippen LogP contribution in [0, 0.1) is 11.8 Å². The lowest BCUT2D eigenvalue weighted by Gasteiger charge is -2.18. The van der Waals surface area contributed by atoms with E-state index < -0.39 is 5.97 Å². The van der Waals surface area contributed by atoms with E-state index in [1.165, 1.54) is 0 Å². The van der Waals surface area contributed by atoms with Crippen LogP contribution in [-0.4, -0.2) is 11.1 Å². The fraction of sp³-hybridized carbons (Fsp3) is 0.667. The SMILES string of the molecule is C[C@@H]1C=C[C@H](CC(=O)O)CC1. The summed E-state index contributed by atoms with van der Waals surface area (Å²) in [5, 5.41) is 8.50. The minimum atomic E-state index is -0.686. The summed E-state index contributed by atoms with van der Waals surface area (Å²) in [6.07, 6.45) is 6.63. The van der Waals surface area contributed by atoms with Gasteiger partial charge >= 0.3 is 5.97 Å². The molecule has 1 N–H and O–H groups in total. The number of carboxylic acid groups (broad SMARTS) is 1. The van der Waals surface area contributed by atoms with Crippen LogP contribution in [0.4, 0.5) is 0 Å². The van der Waals surface area contributed by atoms with E-state index in [-0.39, 0.29) is 5.92 Å². The zero-order chi connectivity index (χ0) is 8.27. The summed E-state index contributed by atoms with van der Waals surface area (Å²) in [6.45, 7) is 2.16. The number of hydrogen-bond donors (Lipinski definition) is 1. The fourth-order valence-electron chi connectivity index (χ4n) is 1.41. The summed E-state index contributed by atoms with van der Waals surface area (Å²) in [4.78, 5) is 10.3. The first-order chi connectivity index (χ1) is 5.18. The lowest BCUT2D eigenvalue weighted by Crippen LogP contribution is -2.10. The van der Waals surface area contributed by atoms with Gasteiger partial charge in [0.1, 0.15) is 0 Å². The number of rotatable bonds is 2. The number of allylic oxidation sites excluding steroid dienone is 2. The molecule has 0 aromatic rings. The van der Waals surface area contributed by atoms with E-state index in [1.807, 2.05) is 6.08 Å². The monoisotopic (exact) mass is 154 g/mol. The van der Waals surface area contributed by atoms with Crippen LogP contribution in [0.25, 0.3) is 0 Å². The van der Waals surface area contributed by atoms with Gasteiger partial charge in [0, 0.05) is 0 Å². The van der Waals surface area contributed by atoms with E-state index in [9.17, 15) is 4.79 Å². The molecule has 0 aromatic heterocycles. The molecule has 62 valence electrons. The van der Waals surface area contributed by atoms with Crippen LogP contribution in [-0.2, 0) is 4.79 Å². The standard InChI is InChI=1S/C9H14O2/c1-7-2-4-8(5-3-7)6-9(10)11/h2,4,7-8H,3,5-6H2,1H3,(H,10,11)/t7-,8+/m1/s1. The van der Waals surface area contributed by atoms with E-state index in [1.54, 1.807) is 0 Å². The fourth-order valence-corrected chi connectivity index (χ4v) is 1.41. The van der Waals surface area contributed by atoms with Gasteiger partial charge in [-0.15, -0.1) is 0 Å². The van der Waals surface area contributed by atoms with Gasteiger partial charge in [-0.25, -0.2) is 0 Å². The first-order valence-corrected chi connectivity index (χ1v) is 4.08. The summed E-state index contributed by atoms with van der Waals surface area (Å²) >= 11 is 0. The van der Waals surface area contributed by atoms with Crippen LogP contribution in [0.15, 0.2) is 12.2 Å². The summed E-state index contributed by atoms with van der Waals surface area (Å²) in [5.74, 6) is 0.234. The smallest absolute Gasteiger partial charge is 0.303 e. The minimum Gasteiger partial charge on any atom is -0.481 e. The number of carbonyl (C=O) groups is 1. The van der Waals surface area contributed by atoms with Gasteiger partial charge in [-0.2, -0.15) is 0 Å². The highest BCUT2D eigenvalue weighted by molar-refractivity contribution is 5.67. The highest BCUT2D eigenvalue weighted by Crippen LogP contribution is 2.23. The lowest BCUT2D eigenvalue weighted by molar-refractivity contribution is -0.137. The maximum atomic E-state index is 10.3. The number of hydrogen-bond acceptors (Lipinski definition) is 1. The quantitative estimate of drug-likeness (QED) is 0.618. The third-order valence-electron chi connectivity index (χ3n) is 2.14. The van der Waals surface area contributed by atoms with Crippen LogP contribution in [0.2, 0.25) is 0 Å². The number of aliphatic carboxylic acids is 1. The van der Waals surface area contributed by atoms with Crippen molar-refractivity contribution in [1.82, 2.24) is 0 Å². The Morgan fingerprint density at radius 3 is 2.73 bits per heavy atom. The Hall–Kier alpha value is -0.790. The Balaban J connectivity index is 2.38. The first-order valence-electron chi connectivity index (χ1n) is 4.08. The Morgan fingerprint density at radius 1 is 1.55 bits per heavy atom. The first kappa shape index (κ1) is 8.31. The largest absolute Gasteiger partial charge is 0.481 e. The molecule has 0 heterocycles. The predicted octanol–water partition coefficient (Wildman–Crippen LogP) is 2.06. The third-order valence-corrected chi connectivity index (χ3v) is 2.14. The Kier molecular flexibility index (Phi) is 2.69. The molecule has 2 heteroatoms. The van der Waals surface area contributed by atoms with Gasteiger partial charge in [0.15, 0.2) is 0 Å². The van der Waals surface area contributed by atoms with Crippen molar-refractivity contribution in [2.45, 2.75) is 26.2 Å². The van der Waals surface area contributed by atoms with Crippen LogP contribution < -0.4 is 0 Å². The molecule has 11 heavy (non-hydrogen) atoms. The Bertz CT molecular complexity index is 172. The van der Waals surface area contributed by atoms with E-state index >= 15 is 0 Å². The average Bonchev–Trinajstić information content (AvgIpc) is 1.93. The molecule has 0 spiro atoms. The molecule has 0 saturated carbocycles. The second-order valence-electron chi connectivity index (χ2n) is 3.30. The summed E-state index contributed by atoms with van der Waals surface area (Å²) in [6, 6.07) is 0. The van der Waals surface area contributed by atoms with Crippen molar-refractivity contribution in [3.63, 3.8) is 0 Å². The molecule has 0 unspecified atom stereocenters. The summed E-state index contributed by atoms with van der Waals surface area (Å²) < 4.78 is 0. The highest BCUT2D eigenvalue weighted by atomic mass is 16.4. The molecule has 0 amide bonds. The van der Waals surface area contributed by atoms with Gasteiger partial charge in [0.25, 0.3) is 0 Å². The molecule has 0 aliphatic heterocycles. The summed E-state index contributed by atoms with van der Waals surface area (Å²) in [5.41, 5.74) is 0. The summed E-state index contributed by atoms with van der Waals surface area (Å²) in [7, 11) is 0. The van der Waals surface area contributed by atoms with Crippen molar-refractivity contribution >= 4 is 5.97 Å². The van der Waals surface area contributed by atoms with Gasteiger partial charge in [-0.1, -0.05) is 19.1 Å². The van der Waals surface area contributed by atoms with Crippen molar-refractivity contribution in [3.8, 4) is 0 Å². The highest BCUT2D eigenvalue weighted by Gasteiger charge is 2.14. The zero-order valence-electron chi connectivity index (χ0n) is 6.79.